The van der Waals surface area contributed by atoms with Crippen LogP contribution in [0.5, 0.6) is 0 Å². The van der Waals surface area contributed by atoms with Crippen LogP contribution >= 0.6 is 0 Å². The van der Waals surface area contributed by atoms with Gasteiger partial charge in [-0.2, -0.15) is 0 Å². The Morgan fingerprint density at radius 2 is 1.57 bits per heavy atom. The summed E-state index contributed by atoms with van der Waals surface area (Å²) in [5.41, 5.74) is 3.70. The van der Waals surface area contributed by atoms with Gasteiger partial charge in [-0.25, -0.2) is 9.59 Å². The number of carbonyl (C=O) groups excluding carboxylic acids is 3. The molecular formula is C36H56N4O7. The van der Waals surface area contributed by atoms with Gasteiger partial charge in [-0.05, 0) is 81.7 Å². The standard InChI is InChI=1S/C36H56N4O7/c1-10-27(20-33(42)46-23-45-32(41)17-18-37-35(44)47-36(7,8)9)28-13-16-31(40(21-24(2)3)22-25(4)5)30(19-28)39-34(43)38-29-14-11-26(6)12-15-29/h11-16,19,24-25,27,33,42H,10,17-18,20-23H2,1-9H3,(H,37,44)(H2,38,39,43)/t27-,33?/m0/s1. The SMILES string of the molecule is CC[C@@H](CC(O)OCOC(=O)CCNC(=O)OC(C)(C)C)c1ccc(N(CC(C)C)CC(C)C)c(NC(=O)Nc2ccc(C)cc2)c1. The van der Waals surface area contributed by atoms with E-state index in [1.165, 1.54) is 0 Å². The summed E-state index contributed by atoms with van der Waals surface area (Å²) in [4.78, 5) is 39.2. The highest BCUT2D eigenvalue weighted by molar-refractivity contribution is 6.02. The second-order valence-corrected chi connectivity index (χ2v) is 13.7. The molecule has 11 heteroatoms. The van der Waals surface area contributed by atoms with Crippen LogP contribution in [0, 0.1) is 18.8 Å². The first kappa shape index (κ1) is 39.3. The van der Waals surface area contributed by atoms with Crippen LogP contribution in [0.4, 0.5) is 26.7 Å². The predicted octanol–water partition coefficient (Wildman–Crippen LogP) is 7.39. The van der Waals surface area contributed by atoms with Crippen molar-refractivity contribution in [3.8, 4) is 0 Å². The fourth-order valence-corrected chi connectivity index (χ4v) is 4.94. The maximum atomic E-state index is 13.2. The van der Waals surface area contributed by atoms with Gasteiger partial charge in [0.15, 0.2) is 13.1 Å². The van der Waals surface area contributed by atoms with Crippen LogP contribution in [-0.4, -0.2) is 61.5 Å². The van der Waals surface area contributed by atoms with Gasteiger partial charge in [-0.15, -0.1) is 0 Å². The lowest BCUT2D eigenvalue weighted by molar-refractivity contribution is -0.186. The lowest BCUT2D eigenvalue weighted by atomic mass is 9.92. The molecule has 0 heterocycles. The highest BCUT2D eigenvalue weighted by Gasteiger charge is 2.22. The fourth-order valence-electron chi connectivity index (χ4n) is 4.94. The minimum absolute atomic E-state index is 0.0510. The maximum Gasteiger partial charge on any atom is 0.407 e. The summed E-state index contributed by atoms with van der Waals surface area (Å²) < 4.78 is 15.6. The van der Waals surface area contributed by atoms with Gasteiger partial charge < -0.3 is 40.2 Å². The molecule has 4 N–H and O–H groups in total. The smallest absolute Gasteiger partial charge is 0.407 e. The van der Waals surface area contributed by atoms with Crippen molar-refractivity contribution in [3.63, 3.8) is 0 Å². The third-order valence-corrected chi connectivity index (χ3v) is 7.02. The minimum atomic E-state index is -1.19. The number of rotatable bonds is 17. The van der Waals surface area contributed by atoms with Crippen LogP contribution in [0.25, 0.3) is 0 Å². The van der Waals surface area contributed by atoms with Crippen LogP contribution in [0.15, 0.2) is 42.5 Å². The molecule has 0 saturated carbocycles. The zero-order valence-electron chi connectivity index (χ0n) is 29.6. The summed E-state index contributed by atoms with van der Waals surface area (Å²) in [6.45, 7) is 19.2. The molecule has 0 aliphatic rings. The minimum Gasteiger partial charge on any atom is -0.444 e. The lowest BCUT2D eigenvalue weighted by Gasteiger charge is -2.31. The van der Waals surface area contributed by atoms with E-state index in [1.54, 1.807) is 20.8 Å². The Balaban J connectivity index is 2.10. The summed E-state index contributed by atoms with van der Waals surface area (Å²) in [7, 11) is 0. The number of anilines is 3. The zero-order valence-corrected chi connectivity index (χ0v) is 29.6. The molecular weight excluding hydrogens is 600 g/mol. The van der Waals surface area contributed by atoms with E-state index in [2.05, 4.69) is 48.5 Å². The predicted molar refractivity (Wildman–Crippen MR) is 187 cm³/mol. The van der Waals surface area contributed by atoms with Gasteiger partial charge in [0.1, 0.15) is 5.60 Å². The summed E-state index contributed by atoms with van der Waals surface area (Å²) in [6, 6.07) is 13.3. The summed E-state index contributed by atoms with van der Waals surface area (Å²) in [5, 5.41) is 19.1. The Labute approximate surface area is 280 Å². The van der Waals surface area contributed by atoms with E-state index in [1.807, 2.05) is 56.3 Å². The Bertz CT molecular complexity index is 1270. The van der Waals surface area contributed by atoms with E-state index in [-0.39, 0.29) is 31.3 Å². The fraction of sp³-hybridized carbons (Fsp3) is 0.583. The molecule has 0 fully saturated rings. The number of benzene rings is 2. The number of hydrogen-bond acceptors (Lipinski definition) is 8. The Hall–Kier alpha value is -3.83. The molecule has 0 aromatic heterocycles. The van der Waals surface area contributed by atoms with Crippen molar-refractivity contribution in [3.05, 3.63) is 53.6 Å². The van der Waals surface area contributed by atoms with Gasteiger partial charge in [0.2, 0.25) is 0 Å². The van der Waals surface area contributed by atoms with Crippen molar-refractivity contribution in [2.45, 2.75) is 99.4 Å². The molecule has 0 bridgehead atoms. The number of hydrogen-bond donors (Lipinski definition) is 4. The van der Waals surface area contributed by atoms with E-state index in [4.69, 9.17) is 14.2 Å². The Morgan fingerprint density at radius 1 is 0.936 bits per heavy atom. The van der Waals surface area contributed by atoms with E-state index >= 15 is 0 Å². The number of aliphatic hydroxyl groups is 1. The summed E-state index contributed by atoms with van der Waals surface area (Å²) >= 11 is 0. The molecule has 2 rings (SSSR count). The highest BCUT2D eigenvalue weighted by atomic mass is 16.7. The van der Waals surface area contributed by atoms with Gasteiger partial charge >= 0.3 is 18.1 Å². The molecule has 262 valence electrons. The average molecular weight is 657 g/mol. The molecule has 1 unspecified atom stereocenters. The van der Waals surface area contributed by atoms with Crippen molar-refractivity contribution >= 4 is 35.2 Å². The third-order valence-electron chi connectivity index (χ3n) is 7.02. The topological polar surface area (TPSA) is 138 Å². The summed E-state index contributed by atoms with van der Waals surface area (Å²) in [6.07, 6.45) is -0.919. The lowest BCUT2D eigenvalue weighted by Crippen LogP contribution is -2.33. The molecule has 3 amide bonds. The van der Waals surface area contributed by atoms with Crippen molar-refractivity contribution in [2.75, 3.05) is 42.0 Å². The number of aliphatic hydroxyl groups excluding tert-OH is 1. The largest absolute Gasteiger partial charge is 0.444 e. The number of aryl methyl sites for hydroxylation is 1. The molecule has 0 spiro atoms. The van der Waals surface area contributed by atoms with Gasteiger partial charge in [0.05, 0.1) is 17.8 Å². The normalized spacial score (nSPS) is 12.8. The molecule has 2 aromatic carbocycles. The van der Waals surface area contributed by atoms with E-state index in [0.717, 1.165) is 29.9 Å². The average Bonchev–Trinajstić information content (AvgIpc) is 2.95. The van der Waals surface area contributed by atoms with Crippen LogP contribution in [0.3, 0.4) is 0 Å². The van der Waals surface area contributed by atoms with Crippen LogP contribution in [0.1, 0.15) is 91.7 Å². The quantitative estimate of drug-likeness (QED) is 0.102. The van der Waals surface area contributed by atoms with Crippen LogP contribution in [-0.2, 0) is 19.0 Å². The molecule has 47 heavy (non-hydrogen) atoms. The van der Waals surface area contributed by atoms with Crippen molar-refractivity contribution in [1.29, 1.82) is 0 Å². The van der Waals surface area contributed by atoms with E-state index < -0.39 is 30.7 Å². The molecule has 11 nitrogen and oxygen atoms in total. The second kappa shape index (κ2) is 19.1. The number of alkyl carbamates (subject to hydrolysis) is 1. The van der Waals surface area contributed by atoms with Gasteiger partial charge in [-0.3, -0.25) is 4.79 Å². The van der Waals surface area contributed by atoms with Crippen molar-refractivity contribution in [1.82, 2.24) is 5.32 Å². The Kier molecular flexibility index (Phi) is 16.0. The van der Waals surface area contributed by atoms with Crippen molar-refractivity contribution < 1.29 is 33.7 Å². The number of nitrogens with zero attached hydrogens (tertiary/aromatic N) is 1. The maximum absolute atomic E-state index is 13.2. The molecule has 0 aliphatic carbocycles. The number of amides is 3. The monoisotopic (exact) mass is 656 g/mol. The van der Waals surface area contributed by atoms with Gasteiger partial charge in [0, 0.05) is 31.7 Å². The number of nitrogens with one attached hydrogen (secondary N) is 3. The molecule has 2 atom stereocenters. The van der Waals surface area contributed by atoms with E-state index in [0.29, 0.717) is 29.6 Å². The zero-order chi connectivity index (χ0) is 35.1. The molecule has 0 radical (unpaired) electrons. The first-order chi connectivity index (χ1) is 22.1. The highest BCUT2D eigenvalue weighted by Crippen LogP contribution is 2.34. The molecule has 0 saturated heterocycles. The van der Waals surface area contributed by atoms with Crippen LogP contribution < -0.4 is 20.9 Å². The molecule has 2 aromatic rings. The number of carbonyl (C=O) groups is 3. The number of esters is 1. The van der Waals surface area contributed by atoms with E-state index in [9.17, 15) is 19.5 Å². The number of ether oxygens (including phenoxy) is 3. The molecule has 0 aliphatic heterocycles. The summed E-state index contributed by atoms with van der Waals surface area (Å²) in [5.74, 6) is 0.141. The first-order valence-corrected chi connectivity index (χ1v) is 16.5. The third kappa shape index (κ3) is 15.5. The van der Waals surface area contributed by atoms with Gasteiger partial charge in [-0.1, -0.05) is 58.4 Å². The van der Waals surface area contributed by atoms with Gasteiger partial charge in [0.25, 0.3) is 0 Å². The van der Waals surface area contributed by atoms with Crippen LogP contribution in [0.2, 0.25) is 0 Å². The second-order valence-electron chi connectivity index (χ2n) is 13.7. The number of urea groups is 1. The van der Waals surface area contributed by atoms with Crippen molar-refractivity contribution in [2.24, 2.45) is 11.8 Å². The first-order valence-electron chi connectivity index (χ1n) is 16.5. The Morgan fingerprint density at radius 3 is 2.15 bits per heavy atom.